The molecule has 0 aliphatic carbocycles. The average Bonchev–Trinajstić information content (AvgIpc) is 3.16. The van der Waals surface area contributed by atoms with Crippen LogP contribution in [0.25, 0.3) is 17.1 Å². The van der Waals surface area contributed by atoms with Gasteiger partial charge >= 0.3 is 0 Å². The number of hydrogen-bond acceptors (Lipinski definition) is 4. The van der Waals surface area contributed by atoms with Crippen molar-refractivity contribution < 1.29 is 19.1 Å². The number of rotatable bonds is 4. The van der Waals surface area contributed by atoms with Gasteiger partial charge in [0.05, 0.1) is 23.3 Å². The van der Waals surface area contributed by atoms with Gasteiger partial charge in [0, 0.05) is 18.8 Å². The normalized spacial score (nSPS) is 11.5. The Kier molecular flexibility index (Phi) is 4.26. The maximum atomic E-state index is 14.4. The summed E-state index contributed by atoms with van der Waals surface area (Å²) in [6, 6.07) is 5.89. The molecule has 0 spiro atoms. The predicted molar refractivity (Wildman–Crippen MR) is 88.3 cm³/mol. The van der Waals surface area contributed by atoms with Crippen molar-refractivity contribution in [2.45, 2.75) is 13.3 Å². The number of benzene rings is 1. The van der Waals surface area contributed by atoms with Gasteiger partial charge in [0.15, 0.2) is 11.6 Å². The van der Waals surface area contributed by atoms with Crippen LogP contribution in [0.3, 0.4) is 0 Å². The molecule has 3 rings (SSSR count). The molecule has 8 heteroatoms. The number of aryl methyl sites for hydroxylation is 2. The number of halogens is 2. The van der Waals surface area contributed by atoms with Gasteiger partial charge in [0.2, 0.25) is 5.82 Å². The highest BCUT2D eigenvalue weighted by Crippen LogP contribution is 2.31. The first-order chi connectivity index (χ1) is 12.0. The minimum absolute atomic E-state index is 0.154. The van der Waals surface area contributed by atoms with Crippen LogP contribution in [0.15, 0.2) is 35.6 Å². The van der Waals surface area contributed by atoms with E-state index in [1.165, 1.54) is 17.0 Å². The van der Waals surface area contributed by atoms with Crippen LogP contribution in [0.2, 0.25) is 0 Å². The third-order valence-electron chi connectivity index (χ3n) is 3.98. The van der Waals surface area contributed by atoms with Crippen molar-refractivity contribution in [1.82, 2.24) is 14.3 Å². The van der Waals surface area contributed by atoms with Gasteiger partial charge < -0.3 is 14.9 Å². The van der Waals surface area contributed by atoms with E-state index >= 15 is 0 Å². The molecule has 1 aromatic carbocycles. The summed E-state index contributed by atoms with van der Waals surface area (Å²) in [6.07, 6.45) is 3.51. The molecule has 0 bridgehead atoms. The zero-order valence-electron chi connectivity index (χ0n) is 13.6. The van der Waals surface area contributed by atoms with Crippen molar-refractivity contribution in [2.24, 2.45) is 12.2 Å². The summed E-state index contributed by atoms with van der Waals surface area (Å²) in [4.78, 5) is 0. The molecule has 3 aromatic rings. The largest absolute Gasteiger partial charge is 0.505 e. The second-order valence-corrected chi connectivity index (χ2v) is 5.46. The summed E-state index contributed by atoms with van der Waals surface area (Å²) in [5.41, 5.74) is 2.03. The molecular formula is C17H16F2N4O2. The number of phenols is 1. The Hall–Kier alpha value is -3.16. The van der Waals surface area contributed by atoms with E-state index in [2.05, 4.69) is 10.3 Å². The Balaban J connectivity index is 2.38. The van der Waals surface area contributed by atoms with E-state index in [4.69, 9.17) is 5.21 Å². The van der Waals surface area contributed by atoms with E-state index < -0.39 is 17.4 Å². The van der Waals surface area contributed by atoms with Gasteiger partial charge in [-0.1, -0.05) is 12.1 Å². The van der Waals surface area contributed by atoms with Crippen LogP contribution in [0.1, 0.15) is 18.2 Å². The zero-order valence-corrected chi connectivity index (χ0v) is 13.6. The lowest BCUT2D eigenvalue weighted by Gasteiger charge is -2.11. The van der Waals surface area contributed by atoms with Crippen LogP contribution in [0.5, 0.6) is 5.75 Å². The van der Waals surface area contributed by atoms with Crippen LogP contribution < -0.4 is 0 Å². The Morgan fingerprint density at radius 3 is 2.60 bits per heavy atom. The summed E-state index contributed by atoms with van der Waals surface area (Å²) in [7, 11) is 1.80. The lowest BCUT2D eigenvalue weighted by Crippen LogP contribution is -2.06. The van der Waals surface area contributed by atoms with Crippen molar-refractivity contribution in [3.05, 3.63) is 53.4 Å². The molecule has 130 valence electrons. The van der Waals surface area contributed by atoms with Crippen molar-refractivity contribution >= 4 is 6.21 Å². The lowest BCUT2D eigenvalue weighted by atomic mass is 10.1. The van der Waals surface area contributed by atoms with Gasteiger partial charge in [0.1, 0.15) is 5.69 Å². The van der Waals surface area contributed by atoms with Gasteiger partial charge in [0.25, 0.3) is 0 Å². The highest BCUT2D eigenvalue weighted by atomic mass is 19.2. The minimum Gasteiger partial charge on any atom is -0.505 e. The maximum Gasteiger partial charge on any atom is 0.202 e. The van der Waals surface area contributed by atoms with Crippen molar-refractivity contribution in [3.63, 3.8) is 0 Å². The number of oxime groups is 1. The van der Waals surface area contributed by atoms with Crippen LogP contribution in [0, 0.1) is 11.6 Å². The van der Waals surface area contributed by atoms with Crippen molar-refractivity contribution in [2.75, 3.05) is 0 Å². The summed E-state index contributed by atoms with van der Waals surface area (Å²) < 4.78 is 31.3. The fourth-order valence-electron chi connectivity index (χ4n) is 2.75. The molecule has 0 fully saturated rings. The molecule has 0 saturated carbocycles. The average molecular weight is 346 g/mol. The Labute approximate surface area is 142 Å². The van der Waals surface area contributed by atoms with Gasteiger partial charge in [-0.05, 0) is 30.7 Å². The van der Waals surface area contributed by atoms with Gasteiger partial charge in [-0.25, -0.2) is 9.07 Å². The maximum absolute atomic E-state index is 14.4. The summed E-state index contributed by atoms with van der Waals surface area (Å²) in [5.74, 6) is -3.34. The number of hydrogen-bond donors (Lipinski definition) is 2. The lowest BCUT2D eigenvalue weighted by molar-refractivity contribution is 0.322. The molecule has 0 amide bonds. The third-order valence-corrected chi connectivity index (χ3v) is 3.98. The van der Waals surface area contributed by atoms with E-state index in [0.717, 1.165) is 6.07 Å². The van der Waals surface area contributed by atoms with Crippen LogP contribution >= 0.6 is 0 Å². The molecular weight excluding hydrogens is 330 g/mol. The van der Waals surface area contributed by atoms with Crippen LogP contribution in [-0.2, 0) is 13.5 Å². The molecule has 2 aromatic heterocycles. The highest BCUT2D eigenvalue weighted by Gasteiger charge is 2.24. The molecule has 0 atom stereocenters. The molecule has 0 aliphatic rings. The minimum atomic E-state index is -1.35. The number of nitrogens with zero attached hydrogens (tertiary/aromatic N) is 4. The van der Waals surface area contributed by atoms with Crippen LogP contribution in [0.4, 0.5) is 8.78 Å². The van der Waals surface area contributed by atoms with Gasteiger partial charge in [-0.2, -0.15) is 9.49 Å². The predicted octanol–water partition coefficient (Wildman–Crippen LogP) is 3.23. The van der Waals surface area contributed by atoms with Crippen molar-refractivity contribution in [1.29, 1.82) is 0 Å². The van der Waals surface area contributed by atoms with Gasteiger partial charge in [-0.3, -0.25) is 0 Å². The monoisotopic (exact) mass is 346 g/mol. The van der Waals surface area contributed by atoms with E-state index in [0.29, 0.717) is 29.1 Å². The second kappa shape index (κ2) is 6.39. The second-order valence-electron chi connectivity index (χ2n) is 5.46. The SMILES string of the molecule is CCc1nn(-c2ccc(O)c(F)c2F)c(-c2cccn2C)c1/C=N\O. The fraction of sp³-hybridized carbons (Fsp3) is 0.176. The first-order valence-corrected chi connectivity index (χ1v) is 7.57. The first-order valence-electron chi connectivity index (χ1n) is 7.57. The van der Waals surface area contributed by atoms with E-state index in [-0.39, 0.29) is 5.69 Å². The Morgan fingerprint density at radius 2 is 2.00 bits per heavy atom. The smallest absolute Gasteiger partial charge is 0.202 e. The third kappa shape index (κ3) is 2.65. The molecule has 0 radical (unpaired) electrons. The topological polar surface area (TPSA) is 75.6 Å². The first kappa shape index (κ1) is 16.7. The number of aromatic hydroxyl groups is 1. The molecule has 0 unspecified atom stereocenters. The van der Waals surface area contributed by atoms with Crippen LogP contribution in [-0.4, -0.2) is 30.9 Å². The zero-order chi connectivity index (χ0) is 18.1. The molecule has 25 heavy (non-hydrogen) atoms. The quantitative estimate of drug-likeness (QED) is 0.433. The molecule has 0 saturated heterocycles. The van der Waals surface area contributed by atoms with E-state index in [9.17, 15) is 13.9 Å². The Bertz CT molecular complexity index is 960. The number of phenolic OH excluding ortho intramolecular Hbond substituents is 1. The van der Waals surface area contributed by atoms with E-state index in [1.807, 2.05) is 6.92 Å². The highest BCUT2D eigenvalue weighted by molar-refractivity contribution is 5.90. The molecule has 2 N–H and O–H groups in total. The molecule has 6 nitrogen and oxygen atoms in total. The molecule has 0 aliphatic heterocycles. The van der Waals surface area contributed by atoms with E-state index in [1.54, 1.807) is 29.9 Å². The summed E-state index contributed by atoms with van der Waals surface area (Å²) >= 11 is 0. The summed E-state index contributed by atoms with van der Waals surface area (Å²) in [6.45, 7) is 1.85. The standard InChI is InChI=1S/C17H16F2N4O2/c1-3-11-10(9-20-25)17(13-5-4-8-22(13)2)23(21-11)12-6-7-14(24)16(19)15(12)18/h4-9,24-25H,3H2,1-2H3/b20-9-. The Morgan fingerprint density at radius 1 is 1.24 bits per heavy atom. The fourth-order valence-corrected chi connectivity index (χ4v) is 2.75. The number of aromatic nitrogens is 3. The summed E-state index contributed by atoms with van der Waals surface area (Å²) in [5, 5.41) is 25.8. The molecule has 2 heterocycles. The van der Waals surface area contributed by atoms with Crippen molar-refractivity contribution in [3.8, 4) is 22.8 Å². The van der Waals surface area contributed by atoms with Gasteiger partial charge in [-0.15, -0.1) is 0 Å².